The van der Waals surface area contributed by atoms with E-state index in [1.165, 1.54) is 18.2 Å². The van der Waals surface area contributed by atoms with Crippen molar-refractivity contribution in [2.75, 3.05) is 13.1 Å². The molecule has 114 valence electrons. The minimum atomic E-state index is -4.64. The van der Waals surface area contributed by atoms with Gasteiger partial charge in [-0.25, -0.2) is 0 Å². The molecule has 0 bridgehead atoms. The van der Waals surface area contributed by atoms with Gasteiger partial charge in [0.1, 0.15) is 0 Å². The van der Waals surface area contributed by atoms with Gasteiger partial charge in [0.25, 0.3) is 5.91 Å². The van der Waals surface area contributed by atoms with Crippen LogP contribution in [-0.4, -0.2) is 36.4 Å². The number of aliphatic hydroxyl groups is 1. The highest BCUT2D eigenvalue weighted by Gasteiger charge is 2.65. The molecule has 1 aliphatic heterocycles. The van der Waals surface area contributed by atoms with Crippen LogP contribution in [0.25, 0.3) is 0 Å². The van der Waals surface area contributed by atoms with E-state index in [0.717, 1.165) is 6.07 Å². The number of halogens is 3. The normalized spacial score (nSPS) is 17.4. The van der Waals surface area contributed by atoms with Gasteiger partial charge in [-0.3, -0.25) is 4.79 Å². The van der Waals surface area contributed by atoms with E-state index in [2.05, 4.69) is 15.5 Å². The molecule has 9 heteroatoms. The van der Waals surface area contributed by atoms with Crippen molar-refractivity contribution >= 4 is 5.91 Å². The van der Waals surface area contributed by atoms with E-state index in [0.29, 0.717) is 0 Å². The molecule has 1 atom stereocenters. The van der Waals surface area contributed by atoms with Crippen molar-refractivity contribution in [2.45, 2.75) is 17.9 Å². The van der Waals surface area contributed by atoms with Crippen molar-refractivity contribution in [3.05, 3.63) is 35.4 Å². The second-order valence-corrected chi connectivity index (χ2v) is 4.55. The van der Waals surface area contributed by atoms with Crippen LogP contribution < -0.4 is 11.1 Å². The number of hydrogen-bond donors (Lipinski definition) is 3. The molecule has 1 amide bonds. The summed E-state index contributed by atoms with van der Waals surface area (Å²) in [4.78, 5) is 11.8. The standard InChI is InChI=1S/C12H13F3N4O2/c13-12(14,15)11(18-19-11)8-3-1-2-7(4-8)10(21)17-6-9(20)5-16/h1-4,9,20H,5-6,16H2,(H,17,21). The lowest BCUT2D eigenvalue weighted by Gasteiger charge is -2.15. The fourth-order valence-electron chi connectivity index (χ4n) is 1.72. The lowest BCUT2D eigenvalue weighted by Crippen LogP contribution is -2.36. The van der Waals surface area contributed by atoms with Crippen molar-refractivity contribution in [3.8, 4) is 0 Å². The Morgan fingerprint density at radius 1 is 1.43 bits per heavy atom. The predicted molar refractivity (Wildman–Crippen MR) is 66.4 cm³/mol. The van der Waals surface area contributed by atoms with Gasteiger partial charge in [0.05, 0.1) is 6.10 Å². The quantitative estimate of drug-likeness (QED) is 0.754. The summed E-state index contributed by atoms with van der Waals surface area (Å²) in [6.07, 6.45) is -5.55. The Balaban J connectivity index is 2.14. The number of amides is 1. The van der Waals surface area contributed by atoms with E-state index in [9.17, 15) is 23.1 Å². The zero-order valence-electron chi connectivity index (χ0n) is 10.8. The first-order valence-corrected chi connectivity index (χ1v) is 6.08. The Morgan fingerprint density at radius 2 is 2.10 bits per heavy atom. The van der Waals surface area contributed by atoms with Crippen LogP contribution in [0.15, 0.2) is 34.5 Å². The lowest BCUT2D eigenvalue weighted by molar-refractivity contribution is -0.166. The summed E-state index contributed by atoms with van der Waals surface area (Å²) in [5.74, 6) is -0.609. The van der Waals surface area contributed by atoms with Crippen molar-refractivity contribution in [1.29, 1.82) is 0 Å². The van der Waals surface area contributed by atoms with E-state index >= 15 is 0 Å². The number of nitrogens with one attached hydrogen (secondary N) is 1. The molecule has 1 aromatic rings. The van der Waals surface area contributed by atoms with Crippen LogP contribution in [-0.2, 0) is 5.66 Å². The van der Waals surface area contributed by atoms with E-state index in [1.54, 1.807) is 0 Å². The molecule has 0 aliphatic carbocycles. The molecule has 1 unspecified atom stereocenters. The SMILES string of the molecule is NCC(O)CNC(=O)c1cccc(C2(C(F)(F)F)N=N2)c1. The summed E-state index contributed by atoms with van der Waals surface area (Å²) in [7, 11) is 0. The van der Waals surface area contributed by atoms with Crippen LogP contribution in [0.3, 0.4) is 0 Å². The number of carbonyl (C=O) groups excluding carboxylic acids is 1. The molecular formula is C12H13F3N4O2. The lowest BCUT2D eigenvalue weighted by atomic mass is 10.00. The fourth-order valence-corrected chi connectivity index (χ4v) is 1.72. The number of aliphatic hydroxyl groups excluding tert-OH is 1. The maximum absolute atomic E-state index is 12.9. The van der Waals surface area contributed by atoms with E-state index in [1.807, 2.05) is 0 Å². The van der Waals surface area contributed by atoms with Crippen LogP contribution in [0.1, 0.15) is 15.9 Å². The summed E-state index contributed by atoms with van der Waals surface area (Å²) in [6.45, 7) is -0.117. The Labute approximate surface area is 117 Å². The molecule has 0 spiro atoms. The summed E-state index contributed by atoms with van der Waals surface area (Å²) in [6, 6.07) is 4.97. The molecule has 21 heavy (non-hydrogen) atoms. The summed E-state index contributed by atoms with van der Waals surface area (Å²) in [5, 5.41) is 17.8. The molecule has 1 aromatic carbocycles. The summed E-state index contributed by atoms with van der Waals surface area (Å²) >= 11 is 0. The third-order valence-electron chi connectivity index (χ3n) is 2.99. The van der Waals surface area contributed by atoms with Gasteiger partial charge in [0, 0.05) is 24.2 Å². The molecule has 0 aromatic heterocycles. The van der Waals surface area contributed by atoms with Crippen LogP contribution in [0, 0.1) is 0 Å². The maximum atomic E-state index is 12.9. The number of alkyl halides is 3. The zero-order chi connectivity index (χ0) is 15.7. The molecule has 0 saturated heterocycles. The second kappa shape index (κ2) is 5.41. The van der Waals surface area contributed by atoms with Gasteiger partial charge >= 0.3 is 11.8 Å². The molecule has 1 aliphatic rings. The summed E-state index contributed by atoms with van der Waals surface area (Å²) < 4.78 is 38.6. The minimum absolute atomic E-state index is 0.0256. The second-order valence-electron chi connectivity index (χ2n) is 4.55. The zero-order valence-corrected chi connectivity index (χ0v) is 10.8. The number of carbonyl (C=O) groups is 1. The number of nitrogens with two attached hydrogens (primary N) is 1. The maximum Gasteiger partial charge on any atom is 0.442 e. The molecule has 4 N–H and O–H groups in total. The van der Waals surface area contributed by atoms with Crippen molar-refractivity contribution in [3.63, 3.8) is 0 Å². The highest BCUT2D eigenvalue weighted by atomic mass is 19.4. The first-order valence-electron chi connectivity index (χ1n) is 6.08. The predicted octanol–water partition coefficient (Wildman–Crippen LogP) is 0.917. The smallest absolute Gasteiger partial charge is 0.390 e. The van der Waals surface area contributed by atoms with Gasteiger partial charge in [0.15, 0.2) is 0 Å². The molecule has 0 saturated carbocycles. The Kier molecular flexibility index (Phi) is 3.97. The topological polar surface area (TPSA) is 100 Å². The van der Waals surface area contributed by atoms with Gasteiger partial charge < -0.3 is 16.2 Å². The van der Waals surface area contributed by atoms with Crippen molar-refractivity contribution < 1.29 is 23.1 Å². The van der Waals surface area contributed by atoms with Crippen molar-refractivity contribution in [2.24, 2.45) is 16.0 Å². The van der Waals surface area contributed by atoms with Gasteiger partial charge in [-0.1, -0.05) is 12.1 Å². The summed E-state index contributed by atoms with van der Waals surface area (Å²) in [5.41, 5.74) is 2.43. The first-order chi connectivity index (χ1) is 9.80. The van der Waals surface area contributed by atoms with Gasteiger partial charge in [-0.15, -0.1) is 10.2 Å². The Morgan fingerprint density at radius 3 is 2.62 bits per heavy atom. The van der Waals surface area contributed by atoms with Gasteiger partial charge in [0.2, 0.25) is 0 Å². The molecule has 1 heterocycles. The third kappa shape index (κ3) is 3.03. The fraction of sp³-hybridized carbons (Fsp3) is 0.417. The van der Waals surface area contributed by atoms with Crippen molar-refractivity contribution in [1.82, 2.24) is 5.32 Å². The minimum Gasteiger partial charge on any atom is -0.390 e. The first kappa shape index (κ1) is 15.4. The average molecular weight is 302 g/mol. The molecular weight excluding hydrogens is 289 g/mol. The average Bonchev–Trinajstić information content (AvgIpc) is 3.25. The number of nitrogens with zero attached hydrogens (tertiary/aromatic N) is 2. The van der Waals surface area contributed by atoms with Crippen LogP contribution in [0.5, 0.6) is 0 Å². The highest BCUT2D eigenvalue weighted by Crippen LogP contribution is 2.52. The van der Waals surface area contributed by atoms with Gasteiger partial charge in [-0.2, -0.15) is 13.2 Å². The number of benzene rings is 1. The molecule has 0 radical (unpaired) electrons. The number of rotatable bonds is 5. The van der Waals surface area contributed by atoms with Gasteiger partial charge in [-0.05, 0) is 12.1 Å². The van der Waals surface area contributed by atoms with Crippen LogP contribution >= 0.6 is 0 Å². The third-order valence-corrected chi connectivity index (χ3v) is 2.99. The largest absolute Gasteiger partial charge is 0.442 e. The van der Waals surface area contributed by atoms with Crippen LogP contribution in [0.2, 0.25) is 0 Å². The monoisotopic (exact) mass is 302 g/mol. The molecule has 2 rings (SSSR count). The molecule has 0 fully saturated rings. The Hall–Kier alpha value is -2.00. The van der Waals surface area contributed by atoms with Crippen LogP contribution in [0.4, 0.5) is 13.2 Å². The highest BCUT2D eigenvalue weighted by molar-refractivity contribution is 5.94. The Bertz CT molecular complexity index is 568. The number of hydrogen-bond acceptors (Lipinski definition) is 5. The van der Waals surface area contributed by atoms with E-state index < -0.39 is 23.9 Å². The molecule has 6 nitrogen and oxygen atoms in total. The van der Waals surface area contributed by atoms with E-state index in [4.69, 9.17) is 5.73 Å². The van der Waals surface area contributed by atoms with E-state index in [-0.39, 0.29) is 24.2 Å².